The Morgan fingerprint density at radius 3 is 2.90 bits per heavy atom. The molecular weight excluding hydrogens is 250 g/mol. The molecule has 0 unspecified atom stereocenters. The lowest BCUT2D eigenvalue weighted by Gasteiger charge is -2.46. The fourth-order valence-electron chi connectivity index (χ4n) is 3.37. The van der Waals surface area contributed by atoms with Crippen molar-refractivity contribution in [3.8, 4) is 5.75 Å². The van der Waals surface area contributed by atoms with Crippen molar-refractivity contribution in [2.45, 2.75) is 44.7 Å². The van der Waals surface area contributed by atoms with Gasteiger partial charge in [0, 0.05) is 31.9 Å². The third-order valence-corrected chi connectivity index (χ3v) is 4.85. The van der Waals surface area contributed by atoms with Crippen LogP contribution in [0.2, 0.25) is 0 Å². The Kier molecular flexibility index (Phi) is 2.88. The van der Waals surface area contributed by atoms with Crippen LogP contribution in [0, 0.1) is 0 Å². The average Bonchev–Trinajstić information content (AvgIpc) is 3.30. The molecule has 4 nitrogen and oxygen atoms in total. The molecule has 1 saturated heterocycles. The molecule has 0 amide bonds. The van der Waals surface area contributed by atoms with Crippen molar-refractivity contribution in [1.82, 2.24) is 9.88 Å². The van der Waals surface area contributed by atoms with Gasteiger partial charge in [0.1, 0.15) is 6.61 Å². The molecule has 0 aromatic carbocycles. The summed E-state index contributed by atoms with van der Waals surface area (Å²) in [7, 11) is 0. The fourth-order valence-corrected chi connectivity index (χ4v) is 3.37. The van der Waals surface area contributed by atoms with Crippen molar-refractivity contribution >= 4 is 5.82 Å². The highest BCUT2D eigenvalue weighted by atomic mass is 16.5. The van der Waals surface area contributed by atoms with Crippen LogP contribution in [0.15, 0.2) is 12.3 Å². The predicted octanol–water partition coefficient (Wildman–Crippen LogP) is 2.25. The van der Waals surface area contributed by atoms with Gasteiger partial charge in [0.25, 0.3) is 0 Å². The molecule has 4 rings (SSSR count). The van der Waals surface area contributed by atoms with Gasteiger partial charge in [-0.3, -0.25) is 4.90 Å². The number of aromatic nitrogens is 1. The maximum atomic E-state index is 6.01. The maximum absolute atomic E-state index is 6.01. The second-order valence-corrected chi connectivity index (χ2v) is 6.61. The van der Waals surface area contributed by atoms with E-state index in [1.54, 1.807) is 0 Å². The highest BCUT2D eigenvalue weighted by Gasteiger charge is 2.35. The van der Waals surface area contributed by atoms with Crippen molar-refractivity contribution in [1.29, 1.82) is 0 Å². The third kappa shape index (κ3) is 2.06. The summed E-state index contributed by atoms with van der Waals surface area (Å²) in [6.45, 7) is 8.62. The zero-order chi connectivity index (χ0) is 13.7. The predicted molar refractivity (Wildman–Crippen MR) is 79.6 cm³/mol. The van der Waals surface area contributed by atoms with Gasteiger partial charge in [-0.05, 0) is 44.2 Å². The zero-order valence-electron chi connectivity index (χ0n) is 12.4. The number of pyridine rings is 1. The Labute approximate surface area is 120 Å². The molecule has 0 spiro atoms. The van der Waals surface area contributed by atoms with Gasteiger partial charge in [0.05, 0.1) is 6.04 Å². The van der Waals surface area contributed by atoms with Crippen LogP contribution in [0.1, 0.15) is 38.2 Å². The van der Waals surface area contributed by atoms with Crippen molar-refractivity contribution < 1.29 is 4.74 Å². The Bertz CT molecular complexity index is 512. The van der Waals surface area contributed by atoms with Crippen LogP contribution < -0.4 is 9.64 Å². The van der Waals surface area contributed by atoms with Gasteiger partial charge in [-0.25, -0.2) is 4.98 Å². The number of fused-ring (bicyclic) bond motifs is 3. The first-order valence-electron chi connectivity index (χ1n) is 7.86. The molecule has 1 aromatic heterocycles. The molecular formula is C16H23N3O. The Balaban J connectivity index is 1.58. The molecule has 2 aliphatic heterocycles. The molecule has 1 aliphatic carbocycles. The van der Waals surface area contributed by atoms with E-state index in [0.717, 1.165) is 43.7 Å². The topological polar surface area (TPSA) is 28.6 Å². The molecule has 1 aromatic rings. The molecule has 3 heterocycles. The smallest absolute Gasteiger partial charge is 0.171 e. The number of piperazine rings is 1. The lowest BCUT2D eigenvalue weighted by molar-refractivity contribution is 0.140. The van der Waals surface area contributed by atoms with E-state index in [4.69, 9.17) is 9.72 Å². The summed E-state index contributed by atoms with van der Waals surface area (Å²) in [6.07, 6.45) is 4.70. The van der Waals surface area contributed by atoms with Gasteiger partial charge >= 0.3 is 0 Å². The van der Waals surface area contributed by atoms with Crippen LogP contribution in [0.3, 0.4) is 0 Å². The van der Waals surface area contributed by atoms with Gasteiger partial charge in [-0.2, -0.15) is 0 Å². The SMILES string of the molecule is CC(C)N1CCN2c3ncc(C4CC4)cc3OC[C@H]2C1. The molecule has 2 fully saturated rings. The van der Waals surface area contributed by atoms with Gasteiger partial charge in [-0.1, -0.05) is 0 Å². The molecule has 1 saturated carbocycles. The lowest BCUT2D eigenvalue weighted by Crippen LogP contribution is -2.58. The minimum atomic E-state index is 0.456. The maximum Gasteiger partial charge on any atom is 0.171 e. The molecule has 1 atom stereocenters. The van der Waals surface area contributed by atoms with Crippen molar-refractivity contribution in [3.05, 3.63) is 17.8 Å². The van der Waals surface area contributed by atoms with E-state index in [2.05, 4.69) is 35.9 Å². The number of anilines is 1. The Hall–Kier alpha value is -1.29. The van der Waals surface area contributed by atoms with Gasteiger partial charge in [0.15, 0.2) is 11.6 Å². The highest BCUT2D eigenvalue weighted by molar-refractivity contribution is 5.57. The highest BCUT2D eigenvalue weighted by Crippen LogP contribution is 2.43. The van der Waals surface area contributed by atoms with E-state index < -0.39 is 0 Å². The van der Waals surface area contributed by atoms with Crippen molar-refractivity contribution in [2.24, 2.45) is 0 Å². The van der Waals surface area contributed by atoms with Crippen LogP contribution in [0.5, 0.6) is 5.75 Å². The van der Waals surface area contributed by atoms with E-state index in [-0.39, 0.29) is 0 Å². The number of hydrogen-bond acceptors (Lipinski definition) is 4. The first-order chi connectivity index (χ1) is 9.72. The van der Waals surface area contributed by atoms with Crippen LogP contribution in [-0.4, -0.2) is 48.2 Å². The monoisotopic (exact) mass is 273 g/mol. The van der Waals surface area contributed by atoms with Gasteiger partial charge in [0.2, 0.25) is 0 Å². The Morgan fingerprint density at radius 2 is 2.15 bits per heavy atom. The molecule has 0 bridgehead atoms. The number of hydrogen-bond donors (Lipinski definition) is 0. The summed E-state index contributed by atoms with van der Waals surface area (Å²) in [6, 6.07) is 3.30. The summed E-state index contributed by atoms with van der Waals surface area (Å²) in [5, 5.41) is 0. The zero-order valence-corrected chi connectivity index (χ0v) is 12.4. The standard InChI is InChI=1S/C16H23N3O/c1-11(2)18-5-6-19-14(9-18)10-20-15-7-13(12-3-4-12)8-17-16(15)19/h7-8,11-12,14H,3-6,9-10H2,1-2H3/t14-/m1/s1. The number of nitrogens with zero attached hydrogens (tertiary/aromatic N) is 3. The minimum Gasteiger partial charge on any atom is -0.487 e. The number of rotatable bonds is 2. The third-order valence-electron chi connectivity index (χ3n) is 4.85. The summed E-state index contributed by atoms with van der Waals surface area (Å²) in [4.78, 5) is 9.71. The van der Waals surface area contributed by atoms with E-state index in [1.165, 1.54) is 18.4 Å². The molecule has 3 aliphatic rings. The van der Waals surface area contributed by atoms with Crippen LogP contribution in [0.25, 0.3) is 0 Å². The summed E-state index contributed by atoms with van der Waals surface area (Å²) < 4.78 is 6.01. The molecule has 4 heteroatoms. The normalized spacial score (nSPS) is 26.1. The Morgan fingerprint density at radius 1 is 1.30 bits per heavy atom. The molecule has 108 valence electrons. The van der Waals surface area contributed by atoms with Crippen molar-refractivity contribution in [3.63, 3.8) is 0 Å². The van der Waals surface area contributed by atoms with E-state index in [9.17, 15) is 0 Å². The van der Waals surface area contributed by atoms with E-state index in [0.29, 0.717) is 12.1 Å². The number of ether oxygens (including phenoxy) is 1. The average molecular weight is 273 g/mol. The molecule has 0 N–H and O–H groups in total. The first kappa shape index (κ1) is 12.5. The van der Waals surface area contributed by atoms with Crippen LogP contribution >= 0.6 is 0 Å². The van der Waals surface area contributed by atoms with E-state index >= 15 is 0 Å². The van der Waals surface area contributed by atoms with Crippen LogP contribution in [0.4, 0.5) is 5.82 Å². The molecule has 20 heavy (non-hydrogen) atoms. The first-order valence-corrected chi connectivity index (χ1v) is 7.86. The van der Waals surface area contributed by atoms with Gasteiger partial charge in [-0.15, -0.1) is 0 Å². The summed E-state index contributed by atoms with van der Waals surface area (Å²) >= 11 is 0. The quantitative estimate of drug-likeness (QED) is 0.826. The largest absolute Gasteiger partial charge is 0.487 e. The second kappa shape index (κ2) is 4.62. The second-order valence-electron chi connectivity index (χ2n) is 6.61. The molecule has 0 radical (unpaired) electrons. The van der Waals surface area contributed by atoms with Crippen LogP contribution in [-0.2, 0) is 0 Å². The lowest BCUT2D eigenvalue weighted by atomic mass is 10.1. The summed E-state index contributed by atoms with van der Waals surface area (Å²) in [5.74, 6) is 2.81. The van der Waals surface area contributed by atoms with E-state index in [1.807, 2.05) is 0 Å². The van der Waals surface area contributed by atoms with Gasteiger partial charge < -0.3 is 9.64 Å². The fraction of sp³-hybridized carbons (Fsp3) is 0.688. The minimum absolute atomic E-state index is 0.456. The van der Waals surface area contributed by atoms with Crippen molar-refractivity contribution in [2.75, 3.05) is 31.1 Å². The summed E-state index contributed by atoms with van der Waals surface area (Å²) in [5.41, 5.74) is 1.36.